The van der Waals surface area contributed by atoms with Gasteiger partial charge in [-0.2, -0.15) is 0 Å². The highest BCUT2D eigenvalue weighted by Crippen LogP contribution is 2.26. The highest BCUT2D eigenvalue weighted by atomic mass is 32.1. The molecule has 2 aromatic heterocycles. The number of hydrogen-bond acceptors (Lipinski definition) is 8. The molecule has 2 atom stereocenters. The van der Waals surface area contributed by atoms with Gasteiger partial charge in [-0.15, -0.1) is 11.3 Å². The number of pyridine rings is 1. The second-order valence-corrected chi connectivity index (χ2v) is 10.2. The molecular weight excluding hydrogens is 504 g/mol. The number of thiazole rings is 1. The Labute approximate surface area is 224 Å². The lowest BCUT2D eigenvalue weighted by Gasteiger charge is -2.23. The van der Waals surface area contributed by atoms with E-state index in [-0.39, 0.29) is 24.5 Å². The number of nitrogens with zero attached hydrogens (tertiary/aromatic N) is 3. The highest BCUT2D eigenvalue weighted by Gasteiger charge is 2.35. The van der Waals surface area contributed by atoms with Gasteiger partial charge in [0.2, 0.25) is 5.91 Å². The summed E-state index contributed by atoms with van der Waals surface area (Å²) in [5.41, 5.74) is 2.58. The van der Waals surface area contributed by atoms with E-state index in [4.69, 9.17) is 4.74 Å². The second kappa shape index (κ2) is 12.1. The lowest BCUT2D eigenvalue weighted by Crippen LogP contribution is -2.45. The van der Waals surface area contributed by atoms with Crippen LogP contribution in [-0.2, 0) is 16.1 Å². The molecule has 2 aliphatic rings. The van der Waals surface area contributed by atoms with Crippen LogP contribution in [0.2, 0.25) is 0 Å². The van der Waals surface area contributed by atoms with Crippen molar-refractivity contribution in [2.75, 3.05) is 25.0 Å². The molecule has 0 spiro atoms. The van der Waals surface area contributed by atoms with Gasteiger partial charge in [0.1, 0.15) is 18.3 Å². The standard InChI is InChI=1S/C27H30N6O4S/c34-24(30-20-8-4-12-28-15-20)19-10-11-21(29-14-19)22-17-38-26(31-22)32-25(35)23-9-5-13-33(23)27(36)37-16-18-6-2-1-3-7-18/h1-3,6-7,10-11,14,17,20,23,28H,4-5,8-9,12-13,15-16H2,(H,30,34)(H,31,32,35)/t20?,23-/m1/s1. The molecule has 0 aliphatic carbocycles. The van der Waals surface area contributed by atoms with Gasteiger partial charge in [0.05, 0.1) is 11.3 Å². The first-order chi connectivity index (χ1) is 18.6. The maximum Gasteiger partial charge on any atom is 0.410 e. The Balaban J connectivity index is 1.15. The number of carbonyl (C=O) groups excluding carboxylic acids is 3. The van der Waals surface area contributed by atoms with E-state index in [1.165, 1.54) is 22.4 Å². The van der Waals surface area contributed by atoms with Crippen molar-refractivity contribution < 1.29 is 19.1 Å². The fourth-order valence-electron chi connectivity index (χ4n) is 4.62. The van der Waals surface area contributed by atoms with Gasteiger partial charge in [-0.3, -0.25) is 19.5 Å². The number of carbonyl (C=O) groups is 3. The van der Waals surface area contributed by atoms with Crippen LogP contribution in [0.15, 0.2) is 54.0 Å². The van der Waals surface area contributed by atoms with Gasteiger partial charge in [0.15, 0.2) is 5.13 Å². The summed E-state index contributed by atoms with van der Waals surface area (Å²) in [5, 5.41) is 11.4. The van der Waals surface area contributed by atoms with E-state index in [9.17, 15) is 14.4 Å². The summed E-state index contributed by atoms with van der Waals surface area (Å²) in [6.07, 6.45) is 4.33. The number of amides is 3. The van der Waals surface area contributed by atoms with Crippen molar-refractivity contribution >= 4 is 34.4 Å². The van der Waals surface area contributed by atoms with Crippen molar-refractivity contribution in [3.8, 4) is 11.4 Å². The number of anilines is 1. The first-order valence-corrected chi connectivity index (χ1v) is 13.7. The van der Waals surface area contributed by atoms with Crippen LogP contribution >= 0.6 is 11.3 Å². The summed E-state index contributed by atoms with van der Waals surface area (Å²) in [7, 11) is 0. The maximum absolute atomic E-state index is 13.0. The molecule has 198 valence electrons. The zero-order chi connectivity index (χ0) is 26.3. The fourth-order valence-corrected chi connectivity index (χ4v) is 5.33. The number of hydrogen-bond donors (Lipinski definition) is 3. The van der Waals surface area contributed by atoms with E-state index in [0.717, 1.165) is 37.9 Å². The summed E-state index contributed by atoms with van der Waals surface area (Å²) in [4.78, 5) is 48.5. The predicted molar refractivity (Wildman–Crippen MR) is 144 cm³/mol. The van der Waals surface area contributed by atoms with E-state index >= 15 is 0 Å². The van der Waals surface area contributed by atoms with Crippen LogP contribution in [0.4, 0.5) is 9.93 Å². The second-order valence-electron chi connectivity index (χ2n) is 9.37. The first-order valence-electron chi connectivity index (χ1n) is 12.8. The number of benzene rings is 1. The van der Waals surface area contributed by atoms with Crippen LogP contribution in [0.1, 0.15) is 41.6 Å². The van der Waals surface area contributed by atoms with Crippen molar-refractivity contribution in [3.05, 3.63) is 65.2 Å². The average molecular weight is 535 g/mol. The van der Waals surface area contributed by atoms with E-state index < -0.39 is 12.1 Å². The van der Waals surface area contributed by atoms with Gasteiger partial charge < -0.3 is 20.7 Å². The molecular formula is C27H30N6O4S. The number of aromatic nitrogens is 2. The lowest BCUT2D eigenvalue weighted by atomic mass is 10.1. The lowest BCUT2D eigenvalue weighted by molar-refractivity contribution is -0.120. The third-order valence-electron chi connectivity index (χ3n) is 6.65. The SMILES string of the molecule is O=C(NC1CCCNC1)c1ccc(-c2csc(NC(=O)[C@H]3CCCN3C(=O)OCc3ccccc3)n2)nc1. The van der Waals surface area contributed by atoms with Gasteiger partial charge in [-0.25, -0.2) is 9.78 Å². The minimum Gasteiger partial charge on any atom is -0.445 e. The molecule has 1 aromatic carbocycles. The number of likely N-dealkylation sites (tertiary alicyclic amines) is 1. The van der Waals surface area contributed by atoms with Crippen molar-refractivity contribution in [2.24, 2.45) is 0 Å². The van der Waals surface area contributed by atoms with Crippen molar-refractivity contribution in [3.63, 3.8) is 0 Å². The molecule has 1 unspecified atom stereocenters. The molecule has 10 nitrogen and oxygen atoms in total. The molecule has 0 saturated carbocycles. The Morgan fingerprint density at radius 2 is 1.95 bits per heavy atom. The normalized spacial score (nSPS) is 19.1. The Morgan fingerprint density at radius 1 is 1.08 bits per heavy atom. The molecule has 5 rings (SSSR count). The Hall–Kier alpha value is -3.83. The summed E-state index contributed by atoms with van der Waals surface area (Å²) >= 11 is 1.28. The third-order valence-corrected chi connectivity index (χ3v) is 7.41. The van der Waals surface area contributed by atoms with Crippen LogP contribution in [-0.4, -0.2) is 64.5 Å². The molecule has 3 amide bonds. The van der Waals surface area contributed by atoms with Crippen LogP contribution in [0, 0.1) is 0 Å². The maximum atomic E-state index is 13.0. The molecule has 3 aromatic rings. The molecule has 0 radical (unpaired) electrons. The monoisotopic (exact) mass is 534 g/mol. The fraction of sp³-hybridized carbons (Fsp3) is 0.370. The molecule has 38 heavy (non-hydrogen) atoms. The molecule has 11 heteroatoms. The Morgan fingerprint density at radius 3 is 2.71 bits per heavy atom. The minimum absolute atomic E-state index is 0.127. The van der Waals surface area contributed by atoms with Gasteiger partial charge in [0, 0.05) is 30.7 Å². The third kappa shape index (κ3) is 6.35. The van der Waals surface area contributed by atoms with E-state index in [1.807, 2.05) is 30.3 Å². The zero-order valence-corrected chi connectivity index (χ0v) is 21.7. The minimum atomic E-state index is -0.610. The van der Waals surface area contributed by atoms with Gasteiger partial charge >= 0.3 is 6.09 Å². The molecule has 3 N–H and O–H groups in total. The first kappa shape index (κ1) is 25.8. The van der Waals surface area contributed by atoms with Gasteiger partial charge in [-0.05, 0) is 49.9 Å². The molecule has 2 fully saturated rings. The van der Waals surface area contributed by atoms with Crippen LogP contribution < -0.4 is 16.0 Å². The van der Waals surface area contributed by atoms with Gasteiger partial charge in [-0.1, -0.05) is 30.3 Å². The zero-order valence-electron chi connectivity index (χ0n) is 20.9. The van der Waals surface area contributed by atoms with E-state index in [0.29, 0.717) is 35.0 Å². The van der Waals surface area contributed by atoms with E-state index in [1.54, 1.807) is 17.5 Å². The van der Waals surface area contributed by atoms with Crippen LogP contribution in [0.25, 0.3) is 11.4 Å². The number of ether oxygens (including phenoxy) is 1. The van der Waals surface area contributed by atoms with Crippen molar-refractivity contribution in [1.29, 1.82) is 0 Å². The Bertz CT molecular complexity index is 1260. The summed E-state index contributed by atoms with van der Waals surface area (Å²) in [6.45, 7) is 2.39. The Kier molecular flexibility index (Phi) is 8.25. The predicted octanol–water partition coefficient (Wildman–Crippen LogP) is 3.43. The average Bonchev–Trinajstić information content (AvgIpc) is 3.63. The molecule has 2 aliphatic heterocycles. The van der Waals surface area contributed by atoms with Crippen LogP contribution in [0.3, 0.4) is 0 Å². The smallest absolute Gasteiger partial charge is 0.410 e. The van der Waals surface area contributed by atoms with Gasteiger partial charge in [0.25, 0.3) is 5.91 Å². The topological polar surface area (TPSA) is 126 Å². The quantitative estimate of drug-likeness (QED) is 0.424. The molecule has 2 saturated heterocycles. The molecule has 4 heterocycles. The van der Waals surface area contributed by atoms with Crippen molar-refractivity contribution in [2.45, 2.75) is 44.4 Å². The van der Waals surface area contributed by atoms with Crippen LogP contribution in [0.5, 0.6) is 0 Å². The van der Waals surface area contributed by atoms with Crippen molar-refractivity contribution in [1.82, 2.24) is 25.5 Å². The molecule has 0 bridgehead atoms. The summed E-state index contributed by atoms with van der Waals surface area (Å²) in [6, 6.07) is 12.4. The largest absolute Gasteiger partial charge is 0.445 e. The van der Waals surface area contributed by atoms with E-state index in [2.05, 4.69) is 25.9 Å². The summed E-state index contributed by atoms with van der Waals surface area (Å²) in [5.74, 6) is -0.440. The summed E-state index contributed by atoms with van der Waals surface area (Å²) < 4.78 is 5.43. The highest BCUT2D eigenvalue weighted by molar-refractivity contribution is 7.14. The number of rotatable bonds is 7. The number of piperidine rings is 1. The number of nitrogens with one attached hydrogen (secondary N) is 3.